The van der Waals surface area contributed by atoms with Crippen molar-refractivity contribution in [2.75, 3.05) is 18.0 Å². The summed E-state index contributed by atoms with van der Waals surface area (Å²) in [6.07, 6.45) is 1.72. The molecule has 1 amide bonds. The Bertz CT molecular complexity index is 738. The van der Waals surface area contributed by atoms with E-state index in [9.17, 15) is 9.90 Å². The van der Waals surface area contributed by atoms with Crippen molar-refractivity contribution in [1.29, 1.82) is 0 Å². The number of aryl methyl sites for hydroxylation is 1. The molecule has 3 N–H and O–H groups in total. The number of nitrogens with one attached hydrogen (secondary N) is 2. The first-order valence-electron chi connectivity index (χ1n) is 8.29. The van der Waals surface area contributed by atoms with Crippen molar-refractivity contribution >= 4 is 34.0 Å². The summed E-state index contributed by atoms with van der Waals surface area (Å²) in [5.74, 6) is 0.0299. The zero-order valence-corrected chi connectivity index (χ0v) is 15.7. The lowest BCUT2D eigenvalue weighted by molar-refractivity contribution is 0.0921. The van der Waals surface area contributed by atoms with Crippen molar-refractivity contribution < 1.29 is 9.90 Å². The molecule has 0 unspecified atom stereocenters. The summed E-state index contributed by atoms with van der Waals surface area (Å²) < 4.78 is 0. The molecule has 1 aliphatic heterocycles. The number of H-pyrrole nitrogens is 1. The minimum Gasteiger partial charge on any atom is -0.386 e. The first-order valence-corrected chi connectivity index (χ1v) is 9.49. The van der Waals surface area contributed by atoms with Gasteiger partial charge in [-0.2, -0.15) is 0 Å². The highest BCUT2D eigenvalue weighted by Gasteiger charge is 2.25. The monoisotopic (exact) mass is 384 g/mol. The number of aliphatic hydroxyl groups excluding tert-OH is 1. The molecule has 0 saturated carbocycles. The van der Waals surface area contributed by atoms with Crippen molar-refractivity contribution in [3.8, 4) is 0 Å². The van der Waals surface area contributed by atoms with Crippen LogP contribution in [0.2, 0.25) is 5.15 Å². The van der Waals surface area contributed by atoms with Gasteiger partial charge < -0.3 is 20.3 Å². The number of anilines is 1. The summed E-state index contributed by atoms with van der Waals surface area (Å²) in [6, 6.07) is 0.0851. The molecule has 2 aromatic rings. The topological polar surface area (TPSA) is 107 Å². The van der Waals surface area contributed by atoms with E-state index in [1.54, 1.807) is 6.92 Å². The van der Waals surface area contributed by atoms with E-state index < -0.39 is 6.10 Å². The van der Waals surface area contributed by atoms with Gasteiger partial charge in [-0.15, -0.1) is 10.2 Å². The highest BCUT2D eigenvalue weighted by molar-refractivity contribution is 7.15. The zero-order valence-electron chi connectivity index (χ0n) is 14.1. The van der Waals surface area contributed by atoms with Crippen LogP contribution in [0.3, 0.4) is 0 Å². The van der Waals surface area contributed by atoms with Gasteiger partial charge in [-0.05, 0) is 26.2 Å². The van der Waals surface area contributed by atoms with Crippen molar-refractivity contribution in [2.45, 2.75) is 45.3 Å². The Morgan fingerprint density at radius 1 is 1.48 bits per heavy atom. The largest absolute Gasteiger partial charge is 0.386 e. The van der Waals surface area contributed by atoms with Gasteiger partial charge in [0, 0.05) is 19.1 Å². The van der Waals surface area contributed by atoms with Crippen LogP contribution in [-0.2, 0) is 6.42 Å². The van der Waals surface area contributed by atoms with E-state index in [4.69, 9.17) is 11.6 Å². The van der Waals surface area contributed by atoms with E-state index in [2.05, 4.69) is 30.4 Å². The minimum atomic E-state index is -0.601. The van der Waals surface area contributed by atoms with Crippen LogP contribution in [0.1, 0.15) is 54.1 Å². The maximum Gasteiger partial charge on any atom is 0.287 e. The minimum absolute atomic E-state index is 0.0851. The van der Waals surface area contributed by atoms with Crippen LogP contribution in [-0.4, -0.2) is 50.3 Å². The molecular formula is C15H21ClN6O2S. The SMILES string of the molecule is CCc1[nH]c(C(=O)NC2CCN(c3nnc([C@@H](C)O)s3)CC2)nc1Cl. The van der Waals surface area contributed by atoms with E-state index in [-0.39, 0.29) is 17.8 Å². The fourth-order valence-corrected chi connectivity index (χ4v) is 3.82. The van der Waals surface area contributed by atoms with Gasteiger partial charge >= 0.3 is 0 Å². The number of piperidine rings is 1. The van der Waals surface area contributed by atoms with Crippen LogP contribution in [0.25, 0.3) is 0 Å². The van der Waals surface area contributed by atoms with Crippen molar-refractivity contribution in [2.24, 2.45) is 0 Å². The molecule has 1 aliphatic rings. The van der Waals surface area contributed by atoms with Gasteiger partial charge in [-0.3, -0.25) is 4.79 Å². The molecule has 8 nitrogen and oxygen atoms in total. The lowest BCUT2D eigenvalue weighted by Gasteiger charge is -2.31. The van der Waals surface area contributed by atoms with Gasteiger partial charge in [-0.25, -0.2) is 4.98 Å². The van der Waals surface area contributed by atoms with E-state index in [1.165, 1.54) is 11.3 Å². The molecule has 1 saturated heterocycles. The van der Waals surface area contributed by atoms with Crippen LogP contribution >= 0.6 is 22.9 Å². The number of nitrogens with zero attached hydrogens (tertiary/aromatic N) is 4. The lowest BCUT2D eigenvalue weighted by atomic mass is 10.1. The van der Waals surface area contributed by atoms with E-state index in [1.807, 2.05) is 6.92 Å². The van der Waals surface area contributed by atoms with Gasteiger partial charge in [-0.1, -0.05) is 29.9 Å². The summed E-state index contributed by atoms with van der Waals surface area (Å²) in [4.78, 5) is 21.5. The number of imidazole rings is 1. The van der Waals surface area contributed by atoms with Crippen LogP contribution in [0.4, 0.5) is 5.13 Å². The Kier molecular flexibility index (Phi) is 5.55. The second-order valence-electron chi connectivity index (χ2n) is 6.04. The number of carbonyl (C=O) groups is 1. The predicted octanol–water partition coefficient (Wildman–Crippen LogP) is 1.93. The molecule has 2 aromatic heterocycles. The highest BCUT2D eigenvalue weighted by atomic mass is 35.5. The first kappa shape index (κ1) is 18.1. The molecule has 0 spiro atoms. The van der Waals surface area contributed by atoms with Crippen molar-refractivity contribution in [3.05, 3.63) is 21.7 Å². The summed E-state index contributed by atoms with van der Waals surface area (Å²) in [5.41, 5.74) is 0.770. The second kappa shape index (κ2) is 7.67. The molecule has 3 heterocycles. The smallest absolute Gasteiger partial charge is 0.287 e. The fourth-order valence-electron chi connectivity index (χ4n) is 2.72. The first-order chi connectivity index (χ1) is 12.0. The molecule has 136 valence electrons. The van der Waals surface area contributed by atoms with Crippen LogP contribution in [0.15, 0.2) is 0 Å². The third kappa shape index (κ3) is 4.10. The van der Waals surface area contributed by atoms with Gasteiger partial charge in [0.2, 0.25) is 5.13 Å². The Morgan fingerprint density at radius 2 is 2.20 bits per heavy atom. The van der Waals surface area contributed by atoms with Gasteiger partial charge in [0.05, 0.1) is 5.69 Å². The number of aliphatic hydroxyl groups is 1. The summed E-state index contributed by atoms with van der Waals surface area (Å²) >= 11 is 7.39. The number of hydrogen-bond acceptors (Lipinski definition) is 7. The number of hydrogen-bond donors (Lipinski definition) is 3. The number of rotatable bonds is 5. The predicted molar refractivity (Wildman–Crippen MR) is 96.2 cm³/mol. The Morgan fingerprint density at radius 3 is 2.76 bits per heavy atom. The maximum absolute atomic E-state index is 12.3. The molecule has 25 heavy (non-hydrogen) atoms. The number of aromatic nitrogens is 4. The van der Waals surface area contributed by atoms with Crippen molar-refractivity contribution in [1.82, 2.24) is 25.5 Å². The number of amides is 1. The number of carbonyl (C=O) groups excluding carboxylic acids is 1. The molecular weight excluding hydrogens is 364 g/mol. The molecule has 1 atom stereocenters. The molecule has 0 aliphatic carbocycles. The van der Waals surface area contributed by atoms with E-state index in [0.29, 0.717) is 16.6 Å². The standard InChI is InChI=1S/C15H21ClN6O2S/c1-3-10-11(16)19-12(18-10)13(24)17-9-4-6-22(7-5-9)15-21-20-14(25-15)8(2)23/h8-9,23H,3-7H2,1-2H3,(H,17,24)(H,18,19)/t8-/m1/s1. The average molecular weight is 385 g/mol. The highest BCUT2D eigenvalue weighted by Crippen LogP contribution is 2.27. The third-order valence-electron chi connectivity index (χ3n) is 4.18. The lowest BCUT2D eigenvalue weighted by Crippen LogP contribution is -2.45. The third-order valence-corrected chi connectivity index (χ3v) is 5.65. The zero-order chi connectivity index (χ0) is 18.0. The maximum atomic E-state index is 12.3. The molecule has 3 rings (SSSR count). The normalized spacial score (nSPS) is 16.9. The van der Waals surface area contributed by atoms with Gasteiger partial charge in [0.1, 0.15) is 11.1 Å². The Hall–Kier alpha value is -1.71. The summed E-state index contributed by atoms with van der Waals surface area (Å²) in [7, 11) is 0. The Labute approximate surface area is 154 Å². The molecule has 0 bridgehead atoms. The second-order valence-corrected chi connectivity index (χ2v) is 7.39. The van der Waals surface area contributed by atoms with E-state index >= 15 is 0 Å². The molecule has 1 fully saturated rings. The summed E-state index contributed by atoms with van der Waals surface area (Å²) in [5, 5.41) is 22.5. The number of halogens is 1. The summed E-state index contributed by atoms with van der Waals surface area (Å²) in [6.45, 7) is 5.18. The Balaban J connectivity index is 1.54. The quantitative estimate of drug-likeness (QED) is 0.727. The molecule has 0 radical (unpaired) electrons. The van der Waals surface area contributed by atoms with Crippen molar-refractivity contribution in [3.63, 3.8) is 0 Å². The van der Waals surface area contributed by atoms with Crippen LogP contribution < -0.4 is 10.2 Å². The number of aromatic amines is 1. The molecule has 0 aromatic carbocycles. The van der Waals surface area contributed by atoms with Gasteiger partial charge in [0.15, 0.2) is 11.0 Å². The average Bonchev–Trinajstić information content (AvgIpc) is 3.22. The van der Waals surface area contributed by atoms with Crippen LogP contribution in [0, 0.1) is 0 Å². The van der Waals surface area contributed by atoms with Crippen LogP contribution in [0.5, 0.6) is 0 Å². The van der Waals surface area contributed by atoms with Gasteiger partial charge in [0.25, 0.3) is 5.91 Å². The molecule has 10 heteroatoms. The fraction of sp³-hybridized carbons (Fsp3) is 0.600. The van der Waals surface area contributed by atoms with E-state index in [0.717, 1.165) is 36.8 Å².